The molecule has 7 nitrogen and oxygen atoms in total. The Bertz CT molecular complexity index is 1790. The van der Waals surface area contributed by atoms with Gasteiger partial charge in [-0.05, 0) is 80.8 Å². The number of nitrogens with zero attached hydrogens (tertiary/aromatic N) is 3. The van der Waals surface area contributed by atoms with Gasteiger partial charge in [-0.1, -0.05) is 36.7 Å². The van der Waals surface area contributed by atoms with E-state index in [-0.39, 0.29) is 17.5 Å². The highest BCUT2D eigenvalue weighted by Gasteiger charge is 2.18. The van der Waals surface area contributed by atoms with Crippen LogP contribution in [-0.4, -0.2) is 28.6 Å². The fourth-order valence-corrected chi connectivity index (χ4v) is 4.57. The first kappa shape index (κ1) is 27.2. The van der Waals surface area contributed by atoms with E-state index >= 15 is 0 Å². The highest BCUT2D eigenvalue weighted by molar-refractivity contribution is 6.31. The summed E-state index contributed by atoms with van der Waals surface area (Å²) in [4.78, 5) is 18.4. The first-order valence-electron chi connectivity index (χ1n) is 13.2. The van der Waals surface area contributed by atoms with Crippen LogP contribution in [0.4, 0.5) is 0 Å². The molecule has 8 heteroatoms. The van der Waals surface area contributed by atoms with Gasteiger partial charge in [0.15, 0.2) is 17.3 Å². The predicted molar refractivity (Wildman–Crippen MR) is 161 cm³/mol. The van der Waals surface area contributed by atoms with Gasteiger partial charge in [0.1, 0.15) is 5.58 Å². The van der Waals surface area contributed by atoms with E-state index in [9.17, 15) is 4.79 Å². The topological polar surface area (TPSA) is 78.9 Å². The quantitative estimate of drug-likeness (QED) is 0.131. The zero-order chi connectivity index (χ0) is 28.2. The molecule has 204 valence electrons. The van der Waals surface area contributed by atoms with Crippen molar-refractivity contribution in [3.63, 3.8) is 0 Å². The van der Waals surface area contributed by atoms with Gasteiger partial charge in [-0.25, -0.2) is 4.98 Å². The summed E-state index contributed by atoms with van der Waals surface area (Å²) in [6.07, 6.45) is 4.89. The van der Waals surface area contributed by atoms with Gasteiger partial charge < -0.3 is 13.9 Å². The Balaban J connectivity index is 1.66. The number of para-hydroxylation sites is 1. The number of fused-ring (bicyclic) bond motifs is 2. The van der Waals surface area contributed by atoms with Crippen LogP contribution in [0.1, 0.15) is 38.3 Å². The minimum absolute atomic E-state index is 0.0192. The molecule has 40 heavy (non-hydrogen) atoms. The van der Waals surface area contributed by atoms with Gasteiger partial charge in [-0.2, -0.15) is 9.78 Å². The Morgan fingerprint density at radius 3 is 2.75 bits per heavy atom. The van der Waals surface area contributed by atoms with E-state index < -0.39 is 0 Å². The number of furan rings is 1. The average Bonchev–Trinajstić information content (AvgIpc) is 3.37. The van der Waals surface area contributed by atoms with Crippen LogP contribution in [0.25, 0.3) is 33.5 Å². The second kappa shape index (κ2) is 11.8. The number of hydrogen-bond acceptors (Lipinski definition) is 6. The zero-order valence-electron chi connectivity index (χ0n) is 22.7. The first-order valence-corrected chi connectivity index (χ1v) is 13.6. The second-order valence-electron chi connectivity index (χ2n) is 9.38. The van der Waals surface area contributed by atoms with E-state index in [0.717, 1.165) is 22.9 Å². The lowest BCUT2D eigenvalue weighted by Gasteiger charge is -2.20. The molecule has 0 aliphatic carbocycles. The van der Waals surface area contributed by atoms with Crippen LogP contribution in [0, 0.1) is 0 Å². The molecule has 0 bridgehead atoms. The second-order valence-corrected chi connectivity index (χ2v) is 9.81. The molecule has 0 radical (unpaired) electrons. The van der Waals surface area contributed by atoms with E-state index in [2.05, 4.69) is 18.6 Å². The molecule has 0 fully saturated rings. The van der Waals surface area contributed by atoms with Crippen molar-refractivity contribution >= 4 is 39.7 Å². The van der Waals surface area contributed by atoms with Crippen molar-refractivity contribution in [3.05, 3.63) is 99.8 Å². The Labute approximate surface area is 237 Å². The van der Waals surface area contributed by atoms with Crippen molar-refractivity contribution in [1.82, 2.24) is 9.66 Å². The summed E-state index contributed by atoms with van der Waals surface area (Å²) in [6, 6.07) is 18.1. The van der Waals surface area contributed by atoms with E-state index in [1.165, 1.54) is 4.68 Å². The standard InChI is InChI=1S/C32H30ClN3O4/c1-5-10-22-15-21(16-28(38-7-3)30(22)39-20(4)6-2)19-34-36-31(35-26-12-9-8-11-25(26)32(36)37)29-18-23-17-24(33)13-14-27(23)40-29/h5,8-9,11-20H,1,6-7,10H2,2-4H3/t20-/m0/s1. The van der Waals surface area contributed by atoms with E-state index in [1.807, 2.05) is 38.1 Å². The zero-order valence-corrected chi connectivity index (χ0v) is 23.4. The summed E-state index contributed by atoms with van der Waals surface area (Å²) in [6.45, 7) is 10.4. The third kappa shape index (κ3) is 5.51. The highest BCUT2D eigenvalue weighted by Crippen LogP contribution is 2.35. The lowest BCUT2D eigenvalue weighted by atomic mass is 10.1. The number of hydrogen-bond donors (Lipinski definition) is 0. The summed E-state index contributed by atoms with van der Waals surface area (Å²) in [7, 11) is 0. The molecule has 3 aromatic carbocycles. The maximum Gasteiger partial charge on any atom is 0.282 e. The van der Waals surface area contributed by atoms with Gasteiger partial charge in [0, 0.05) is 16.0 Å². The van der Waals surface area contributed by atoms with Crippen molar-refractivity contribution in [3.8, 4) is 23.1 Å². The van der Waals surface area contributed by atoms with Crippen LogP contribution in [0.15, 0.2) is 87.6 Å². The van der Waals surface area contributed by atoms with Gasteiger partial charge in [0.2, 0.25) is 5.82 Å². The molecular weight excluding hydrogens is 526 g/mol. The minimum Gasteiger partial charge on any atom is -0.490 e. The van der Waals surface area contributed by atoms with Gasteiger partial charge >= 0.3 is 0 Å². The van der Waals surface area contributed by atoms with Crippen LogP contribution in [-0.2, 0) is 6.42 Å². The fraction of sp³-hybridized carbons (Fsp3) is 0.219. The summed E-state index contributed by atoms with van der Waals surface area (Å²) in [5.74, 6) is 1.98. The van der Waals surface area contributed by atoms with Crippen molar-refractivity contribution in [2.45, 2.75) is 39.7 Å². The predicted octanol–water partition coefficient (Wildman–Crippen LogP) is 7.65. The minimum atomic E-state index is -0.316. The van der Waals surface area contributed by atoms with Crippen LogP contribution < -0.4 is 15.0 Å². The molecule has 0 saturated carbocycles. The Kier molecular flexibility index (Phi) is 8.03. The van der Waals surface area contributed by atoms with Gasteiger partial charge in [-0.15, -0.1) is 6.58 Å². The van der Waals surface area contributed by atoms with Crippen LogP contribution in [0.2, 0.25) is 5.02 Å². The van der Waals surface area contributed by atoms with Crippen LogP contribution >= 0.6 is 11.6 Å². The first-order chi connectivity index (χ1) is 19.4. The molecular formula is C32H30ClN3O4. The number of allylic oxidation sites excluding steroid dienone is 1. The number of aromatic nitrogens is 2. The third-order valence-corrected chi connectivity index (χ3v) is 6.72. The van der Waals surface area contributed by atoms with Crippen molar-refractivity contribution < 1.29 is 13.9 Å². The number of rotatable bonds is 10. The summed E-state index contributed by atoms with van der Waals surface area (Å²) in [5, 5.41) is 6.44. The molecule has 2 heterocycles. The molecule has 1 atom stereocenters. The SMILES string of the molecule is C=CCc1cc(C=Nn2c(-c3cc4cc(Cl)ccc4o3)nc3ccccc3c2=O)cc(OCC)c1O[C@@H](C)CC. The maximum absolute atomic E-state index is 13.6. The molecule has 0 aliphatic rings. The van der Waals surface area contributed by atoms with Crippen molar-refractivity contribution in [2.24, 2.45) is 5.10 Å². The molecule has 0 N–H and O–H groups in total. The van der Waals surface area contributed by atoms with Crippen LogP contribution in [0.5, 0.6) is 11.5 Å². The third-order valence-electron chi connectivity index (χ3n) is 6.49. The Morgan fingerprint density at radius 2 is 1.98 bits per heavy atom. The van der Waals surface area contributed by atoms with Gasteiger partial charge in [-0.3, -0.25) is 4.79 Å². The van der Waals surface area contributed by atoms with E-state index in [4.69, 9.17) is 30.5 Å². The Morgan fingerprint density at radius 1 is 1.15 bits per heavy atom. The summed E-state index contributed by atoms with van der Waals surface area (Å²) in [5.41, 5.74) is 2.51. The monoisotopic (exact) mass is 555 g/mol. The van der Waals surface area contributed by atoms with Crippen LogP contribution in [0.3, 0.4) is 0 Å². The van der Waals surface area contributed by atoms with Crippen molar-refractivity contribution in [2.75, 3.05) is 6.61 Å². The molecule has 5 aromatic rings. The number of ether oxygens (including phenoxy) is 2. The molecule has 0 amide bonds. The number of halogens is 1. The molecule has 5 rings (SSSR count). The molecule has 0 spiro atoms. The molecule has 0 saturated heterocycles. The average molecular weight is 556 g/mol. The Hall–Kier alpha value is -4.36. The van der Waals surface area contributed by atoms with E-state index in [1.54, 1.807) is 48.7 Å². The molecule has 2 aromatic heterocycles. The van der Waals surface area contributed by atoms with Gasteiger partial charge in [0.25, 0.3) is 5.56 Å². The lowest BCUT2D eigenvalue weighted by molar-refractivity contribution is 0.201. The summed E-state index contributed by atoms with van der Waals surface area (Å²) < 4.78 is 19.5. The normalized spacial score (nSPS) is 12.3. The largest absolute Gasteiger partial charge is 0.490 e. The maximum atomic E-state index is 13.6. The highest BCUT2D eigenvalue weighted by atomic mass is 35.5. The molecule has 0 aliphatic heterocycles. The van der Waals surface area contributed by atoms with Gasteiger partial charge in [0.05, 0.1) is 29.8 Å². The molecule has 0 unspecified atom stereocenters. The lowest BCUT2D eigenvalue weighted by Crippen LogP contribution is -2.20. The smallest absolute Gasteiger partial charge is 0.282 e. The van der Waals surface area contributed by atoms with Crippen molar-refractivity contribution in [1.29, 1.82) is 0 Å². The van der Waals surface area contributed by atoms with E-state index in [0.29, 0.717) is 51.8 Å². The number of benzene rings is 3. The summed E-state index contributed by atoms with van der Waals surface area (Å²) >= 11 is 6.18. The fourth-order valence-electron chi connectivity index (χ4n) is 4.39.